The molecule has 0 heterocycles. The van der Waals surface area contributed by atoms with Gasteiger partial charge in [-0.3, -0.25) is 9.52 Å². The Kier molecular flexibility index (Phi) is 6.98. The van der Waals surface area contributed by atoms with E-state index in [4.69, 9.17) is 0 Å². The van der Waals surface area contributed by atoms with Gasteiger partial charge in [-0.15, -0.1) is 0 Å². The van der Waals surface area contributed by atoms with Gasteiger partial charge in [-0.25, -0.2) is 8.42 Å². The van der Waals surface area contributed by atoms with Gasteiger partial charge in [0.15, 0.2) is 0 Å². The molecular weight excluding hydrogens is 432 g/mol. The molecule has 0 saturated carbocycles. The van der Waals surface area contributed by atoms with Crippen LogP contribution in [0.5, 0.6) is 0 Å². The van der Waals surface area contributed by atoms with Gasteiger partial charge < -0.3 is 5.32 Å². The molecule has 174 valence electrons. The molecule has 0 bridgehead atoms. The van der Waals surface area contributed by atoms with E-state index in [1.54, 1.807) is 49.4 Å². The van der Waals surface area contributed by atoms with Crippen LogP contribution < -0.4 is 10.0 Å². The van der Waals surface area contributed by atoms with E-state index in [1.165, 1.54) is 5.56 Å². The summed E-state index contributed by atoms with van der Waals surface area (Å²) in [5.74, 6) is -0.253. The van der Waals surface area contributed by atoms with Crippen LogP contribution in [-0.2, 0) is 15.4 Å². The fourth-order valence-electron chi connectivity index (χ4n) is 3.54. The van der Waals surface area contributed by atoms with Crippen LogP contribution in [0.1, 0.15) is 66.3 Å². The quantitative estimate of drug-likeness (QED) is 0.477. The number of amides is 1. The number of sulfonamides is 1. The van der Waals surface area contributed by atoms with Crippen LogP contribution in [0.25, 0.3) is 0 Å². The minimum atomic E-state index is -3.76. The largest absolute Gasteiger partial charge is 0.346 e. The molecule has 0 aliphatic rings. The zero-order valence-corrected chi connectivity index (χ0v) is 20.9. The summed E-state index contributed by atoms with van der Waals surface area (Å²) in [5.41, 5.74) is 4.66. The monoisotopic (exact) mass is 464 g/mol. The molecule has 3 aromatic carbocycles. The lowest BCUT2D eigenvalue weighted by Gasteiger charge is -2.21. The van der Waals surface area contributed by atoms with Gasteiger partial charge in [-0.05, 0) is 67.1 Å². The third kappa shape index (κ3) is 5.82. The van der Waals surface area contributed by atoms with Crippen molar-refractivity contribution in [3.63, 3.8) is 0 Å². The number of aryl methyl sites for hydroxylation is 1. The summed E-state index contributed by atoms with van der Waals surface area (Å²) in [4.78, 5) is 13.2. The predicted octanol–water partition coefficient (Wildman–Crippen LogP) is 5.89. The number of benzene rings is 3. The standard InChI is InChI=1S/C27H32N2O3S/c1-18-10-16-23(17-11-18)33(31,32)29-25-9-7-8-24(19(25)2)26(30)28-20(3)21-12-14-22(15-13-21)27(4,5)6/h7-17,20,29H,1-6H3,(H,28,30). The summed E-state index contributed by atoms with van der Waals surface area (Å²) in [5, 5.41) is 3.02. The highest BCUT2D eigenvalue weighted by Crippen LogP contribution is 2.26. The molecule has 6 heteroatoms. The molecule has 0 saturated heterocycles. The van der Waals surface area contributed by atoms with Gasteiger partial charge in [0.05, 0.1) is 16.6 Å². The van der Waals surface area contributed by atoms with Crippen LogP contribution in [0.15, 0.2) is 71.6 Å². The average molecular weight is 465 g/mol. The second kappa shape index (κ2) is 9.40. The Balaban J connectivity index is 1.78. The Morgan fingerprint density at radius 3 is 2.06 bits per heavy atom. The van der Waals surface area contributed by atoms with Gasteiger partial charge in [0, 0.05) is 5.56 Å². The summed E-state index contributed by atoms with van der Waals surface area (Å²) in [7, 11) is -3.76. The van der Waals surface area contributed by atoms with Crippen molar-refractivity contribution in [2.24, 2.45) is 0 Å². The molecule has 0 fully saturated rings. The van der Waals surface area contributed by atoms with E-state index in [2.05, 4.69) is 42.9 Å². The molecule has 2 N–H and O–H groups in total. The van der Waals surface area contributed by atoms with Crippen LogP contribution in [-0.4, -0.2) is 14.3 Å². The normalized spacial score (nSPS) is 12.8. The number of anilines is 1. The second-order valence-corrected chi connectivity index (χ2v) is 11.1. The number of hydrogen-bond donors (Lipinski definition) is 2. The van der Waals surface area contributed by atoms with Gasteiger partial charge in [0.2, 0.25) is 0 Å². The van der Waals surface area contributed by atoms with Crippen LogP contribution in [0.3, 0.4) is 0 Å². The van der Waals surface area contributed by atoms with Crippen LogP contribution in [0, 0.1) is 13.8 Å². The molecule has 3 rings (SSSR count). The zero-order valence-electron chi connectivity index (χ0n) is 20.1. The summed E-state index contributed by atoms with van der Waals surface area (Å²) >= 11 is 0. The molecule has 1 atom stereocenters. The molecule has 3 aromatic rings. The molecule has 1 unspecified atom stereocenters. The molecule has 1 amide bonds. The van der Waals surface area contributed by atoms with Crippen molar-refractivity contribution < 1.29 is 13.2 Å². The third-order valence-corrected chi connectivity index (χ3v) is 7.16. The lowest BCUT2D eigenvalue weighted by molar-refractivity contribution is 0.0939. The minimum absolute atomic E-state index is 0.0640. The highest BCUT2D eigenvalue weighted by atomic mass is 32.2. The molecule has 0 radical (unpaired) electrons. The first-order valence-electron chi connectivity index (χ1n) is 11.0. The van der Waals surface area contributed by atoms with Crippen molar-refractivity contribution in [3.05, 3.63) is 94.5 Å². The molecule has 33 heavy (non-hydrogen) atoms. The highest BCUT2D eigenvalue weighted by Gasteiger charge is 2.20. The minimum Gasteiger partial charge on any atom is -0.346 e. The maximum atomic E-state index is 13.0. The Hall–Kier alpha value is -3.12. The first-order valence-corrected chi connectivity index (χ1v) is 12.5. The molecular formula is C27H32N2O3S. The van der Waals surface area contributed by atoms with E-state index >= 15 is 0 Å². The van der Waals surface area contributed by atoms with Crippen molar-refractivity contribution >= 4 is 21.6 Å². The molecule has 0 aromatic heterocycles. The van der Waals surface area contributed by atoms with Crippen LogP contribution in [0.2, 0.25) is 0 Å². The number of hydrogen-bond acceptors (Lipinski definition) is 3. The number of carbonyl (C=O) groups excluding carboxylic acids is 1. The van der Waals surface area contributed by atoms with Crippen molar-refractivity contribution in [1.82, 2.24) is 5.32 Å². The number of carbonyl (C=O) groups is 1. The van der Waals surface area contributed by atoms with Gasteiger partial charge in [0.25, 0.3) is 15.9 Å². The van der Waals surface area contributed by atoms with E-state index in [-0.39, 0.29) is 22.3 Å². The Morgan fingerprint density at radius 2 is 1.48 bits per heavy atom. The Morgan fingerprint density at radius 1 is 0.879 bits per heavy atom. The van der Waals surface area contributed by atoms with Gasteiger partial charge >= 0.3 is 0 Å². The smallest absolute Gasteiger partial charge is 0.261 e. The van der Waals surface area contributed by atoms with Gasteiger partial charge in [-0.1, -0.05) is 68.8 Å². The first kappa shape index (κ1) is 24.5. The van der Waals surface area contributed by atoms with E-state index < -0.39 is 10.0 Å². The van der Waals surface area contributed by atoms with Gasteiger partial charge in [0.1, 0.15) is 0 Å². The van der Waals surface area contributed by atoms with Gasteiger partial charge in [-0.2, -0.15) is 0 Å². The summed E-state index contributed by atoms with van der Waals surface area (Å²) < 4.78 is 28.2. The van der Waals surface area contributed by atoms with Crippen molar-refractivity contribution in [2.45, 2.75) is 57.9 Å². The number of nitrogens with one attached hydrogen (secondary N) is 2. The van der Waals surface area contributed by atoms with Crippen molar-refractivity contribution in [2.75, 3.05) is 4.72 Å². The van der Waals surface area contributed by atoms with E-state index in [1.807, 2.05) is 26.0 Å². The van der Waals surface area contributed by atoms with E-state index in [0.29, 0.717) is 16.8 Å². The average Bonchev–Trinajstić information content (AvgIpc) is 2.74. The lowest BCUT2D eigenvalue weighted by atomic mass is 9.86. The van der Waals surface area contributed by atoms with Crippen LogP contribution >= 0.6 is 0 Å². The second-order valence-electron chi connectivity index (χ2n) is 9.46. The summed E-state index contributed by atoms with van der Waals surface area (Å²) in [6.45, 7) is 12.1. The molecule has 0 aliphatic heterocycles. The third-order valence-electron chi connectivity index (χ3n) is 5.78. The Bertz CT molecular complexity index is 1240. The molecule has 0 spiro atoms. The Labute approximate surface area is 197 Å². The topological polar surface area (TPSA) is 75.3 Å². The highest BCUT2D eigenvalue weighted by molar-refractivity contribution is 7.92. The number of rotatable bonds is 6. The van der Waals surface area contributed by atoms with E-state index in [0.717, 1.165) is 11.1 Å². The SMILES string of the molecule is Cc1ccc(S(=O)(=O)Nc2cccc(C(=O)NC(C)c3ccc(C(C)(C)C)cc3)c2C)cc1. The van der Waals surface area contributed by atoms with E-state index in [9.17, 15) is 13.2 Å². The summed E-state index contributed by atoms with van der Waals surface area (Å²) in [6.07, 6.45) is 0. The fraction of sp³-hybridized carbons (Fsp3) is 0.296. The fourth-order valence-corrected chi connectivity index (χ4v) is 4.67. The van der Waals surface area contributed by atoms with Crippen LogP contribution in [0.4, 0.5) is 5.69 Å². The first-order chi connectivity index (χ1) is 15.4. The van der Waals surface area contributed by atoms with Crippen molar-refractivity contribution in [3.8, 4) is 0 Å². The summed E-state index contributed by atoms with van der Waals surface area (Å²) in [6, 6.07) is 19.7. The molecule has 0 aliphatic carbocycles. The predicted molar refractivity (Wildman–Crippen MR) is 134 cm³/mol. The maximum absolute atomic E-state index is 13.0. The van der Waals surface area contributed by atoms with Crippen molar-refractivity contribution in [1.29, 1.82) is 0 Å². The zero-order chi connectivity index (χ0) is 24.4. The maximum Gasteiger partial charge on any atom is 0.261 e. The lowest BCUT2D eigenvalue weighted by Crippen LogP contribution is -2.27. The molecule has 5 nitrogen and oxygen atoms in total.